The Balaban J connectivity index is 2.01. The fraction of sp³-hybridized carbons (Fsp3) is 0.571. The number of thioether (sulfide) groups is 1. The monoisotopic (exact) mass is 298 g/mol. The topological polar surface area (TPSA) is 0 Å². The van der Waals surface area contributed by atoms with Crippen LogP contribution >= 0.6 is 27.7 Å². The Bertz CT molecular complexity index is 363. The van der Waals surface area contributed by atoms with Crippen molar-refractivity contribution >= 4 is 27.7 Å². The molecule has 2 heteroatoms. The lowest BCUT2D eigenvalue weighted by atomic mass is 9.72. The Morgan fingerprint density at radius 3 is 2.62 bits per heavy atom. The highest BCUT2D eigenvalue weighted by Gasteiger charge is 2.35. The molecule has 1 saturated carbocycles. The zero-order valence-electron chi connectivity index (χ0n) is 10.1. The Morgan fingerprint density at radius 2 is 2.06 bits per heavy atom. The molecule has 0 nitrogen and oxygen atoms in total. The molecule has 1 aliphatic carbocycles. The molecule has 0 aliphatic heterocycles. The number of benzene rings is 1. The summed E-state index contributed by atoms with van der Waals surface area (Å²) in [6, 6.07) is 6.75. The highest BCUT2D eigenvalue weighted by molar-refractivity contribution is 9.09. The van der Waals surface area contributed by atoms with Gasteiger partial charge in [-0.15, -0.1) is 11.8 Å². The molecular weight excluding hydrogens is 280 g/mol. The van der Waals surface area contributed by atoms with Gasteiger partial charge in [-0.2, -0.15) is 0 Å². The molecule has 0 radical (unpaired) electrons. The minimum Gasteiger partial charge on any atom is -0.125 e. The summed E-state index contributed by atoms with van der Waals surface area (Å²) in [6.45, 7) is 4.39. The van der Waals surface area contributed by atoms with Gasteiger partial charge in [-0.3, -0.25) is 0 Å². The number of rotatable bonds is 4. The molecule has 0 unspecified atom stereocenters. The SMILES string of the molecule is Cc1ccc(C)c(SCC2(CBr)CCC2)c1. The number of halogens is 1. The van der Waals surface area contributed by atoms with E-state index in [1.54, 1.807) is 0 Å². The quantitative estimate of drug-likeness (QED) is 0.559. The van der Waals surface area contributed by atoms with Gasteiger partial charge in [-0.1, -0.05) is 40.0 Å². The third-order valence-corrected chi connectivity index (χ3v) is 6.27. The maximum atomic E-state index is 3.68. The van der Waals surface area contributed by atoms with Gasteiger partial charge in [0.25, 0.3) is 0 Å². The van der Waals surface area contributed by atoms with Crippen LogP contribution in [0.5, 0.6) is 0 Å². The molecule has 1 aromatic carbocycles. The van der Waals surface area contributed by atoms with Gasteiger partial charge in [0.05, 0.1) is 0 Å². The predicted molar refractivity (Wildman–Crippen MR) is 76.7 cm³/mol. The molecule has 88 valence electrons. The van der Waals surface area contributed by atoms with E-state index in [1.165, 1.54) is 41.0 Å². The van der Waals surface area contributed by atoms with Gasteiger partial charge < -0.3 is 0 Å². The van der Waals surface area contributed by atoms with E-state index in [0.29, 0.717) is 5.41 Å². The minimum absolute atomic E-state index is 0.584. The Kier molecular flexibility index (Phi) is 4.01. The van der Waals surface area contributed by atoms with Crippen LogP contribution in [-0.2, 0) is 0 Å². The molecule has 0 saturated heterocycles. The summed E-state index contributed by atoms with van der Waals surface area (Å²) in [5.41, 5.74) is 3.37. The Labute approximate surface area is 111 Å². The van der Waals surface area contributed by atoms with Crippen LogP contribution in [0.15, 0.2) is 23.1 Å². The molecule has 16 heavy (non-hydrogen) atoms. The van der Waals surface area contributed by atoms with Crippen molar-refractivity contribution < 1.29 is 0 Å². The van der Waals surface area contributed by atoms with Crippen molar-refractivity contribution in [3.63, 3.8) is 0 Å². The van der Waals surface area contributed by atoms with Gasteiger partial charge in [0.2, 0.25) is 0 Å². The highest BCUT2D eigenvalue weighted by Crippen LogP contribution is 2.46. The summed E-state index contributed by atoms with van der Waals surface area (Å²) in [5.74, 6) is 1.27. The van der Waals surface area contributed by atoms with Gasteiger partial charge in [0.15, 0.2) is 0 Å². The minimum atomic E-state index is 0.584. The summed E-state index contributed by atoms with van der Waals surface area (Å²) >= 11 is 5.72. The molecule has 1 fully saturated rings. The normalized spacial score (nSPS) is 18.2. The first kappa shape index (κ1) is 12.5. The third kappa shape index (κ3) is 2.65. The van der Waals surface area contributed by atoms with E-state index >= 15 is 0 Å². The molecule has 0 aromatic heterocycles. The fourth-order valence-corrected chi connectivity index (χ4v) is 4.53. The number of aryl methyl sites for hydroxylation is 2. The molecule has 0 N–H and O–H groups in total. The maximum absolute atomic E-state index is 3.68. The van der Waals surface area contributed by atoms with E-state index in [1.807, 2.05) is 11.8 Å². The van der Waals surface area contributed by atoms with Crippen molar-refractivity contribution in [2.75, 3.05) is 11.1 Å². The molecule has 1 aromatic rings. The molecule has 0 heterocycles. The zero-order valence-corrected chi connectivity index (χ0v) is 12.5. The van der Waals surface area contributed by atoms with Crippen molar-refractivity contribution in [1.29, 1.82) is 0 Å². The van der Waals surface area contributed by atoms with Crippen molar-refractivity contribution in [2.24, 2.45) is 5.41 Å². The smallest absolute Gasteiger partial charge is 0.0104 e. The zero-order chi connectivity index (χ0) is 11.6. The van der Waals surface area contributed by atoms with Crippen LogP contribution in [0.4, 0.5) is 0 Å². The summed E-state index contributed by atoms with van der Waals surface area (Å²) in [4.78, 5) is 1.47. The number of hydrogen-bond donors (Lipinski definition) is 0. The van der Waals surface area contributed by atoms with Crippen molar-refractivity contribution in [2.45, 2.75) is 38.0 Å². The summed E-state index contributed by atoms with van der Waals surface area (Å²) < 4.78 is 0. The van der Waals surface area contributed by atoms with E-state index in [-0.39, 0.29) is 0 Å². The number of hydrogen-bond acceptors (Lipinski definition) is 1. The largest absolute Gasteiger partial charge is 0.125 e. The van der Waals surface area contributed by atoms with Crippen LogP contribution in [0.3, 0.4) is 0 Å². The third-order valence-electron chi connectivity index (χ3n) is 3.58. The van der Waals surface area contributed by atoms with Crippen LogP contribution in [0.2, 0.25) is 0 Å². The van der Waals surface area contributed by atoms with Crippen LogP contribution in [0, 0.1) is 19.3 Å². The van der Waals surface area contributed by atoms with Gasteiger partial charge >= 0.3 is 0 Å². The van der Waals surface area contributed by atoms with Crippen LogP contribution in [-0.4, -0.2) is 11.1 Å². The number of alkyl halides is 1. The van der Waals surface area contributed by atoms with E-state index in [9.17, 15) is 0 Å². The second kappa shape index (κ2) is 5.14. The van der Waals surface area contributed by atoms with Gasteiger partial charge in [0, 0.05) is 16.0 Å². The lowest BCUT2D eigenvalue weighted by Gasteiger charge is -2.40. The average molecular weight is 299 g/mol. The maximum Gasteiger partial charge on any atom is 0.0104 e. The molecule has 0 amide bonds. The fourth-order valence-electron chi connectivity index (χ4n) is 2.09. The second-order valence-corrected chi connectivity index (χ2v) is 6.62. The molecule has 0 spiro atoms. The lowest BCUT2D eigenvalue weighted by Crippen LogP contribution is -2.33. The van der Waals surface area contributed by atoms with E-state index < -0.39 is 0 Å². The van der Waals surface area contributed by atoms with Crippen LogP contribution in [0.1, 0.15) is 30.4 Å². The van der Waals surface area contributed by atoms with Gasteiger partial charge in [-0.05, 0) is 43.7 Å². The summed E-state index contributed by atoms with van der Waals surface area (Å²) in [6.07, 6.45) is 4.21. The summed E-state index contributed by atoms with van der Waals surface area (Å²) in [5, 5.41) is 1.16. The van der Waals surface area contributed by atoms with Crippen LogP contribution < -0.4 is 0 Å². The standard InChI is InChI=1S/C14H19BrS/c1-11-4-5-12(2)13(8-11)16-10-14(9-15)6-3-7-14/h4-5,8H,3,6-7,9-10H2,1-2H3. The van der Waals surface area contributed by atoms with Gasteiger partial charge in [0.1, 0.15) is 0 Å². The first-order valence-corrected chi connectivity index (χ1v) is 8.02. The summed E-state index contributed by atoms with van der Waals surface area (Å²) in [7, 11) is 0. The predicted octanol–water partition coefficient (Wildman–Crippen LogP) is 4.96. The van der Waals surface area contributed by atoms with E-state index in [2.05, 4.69) is 48.0 Å². The van der Waals surface area contributed by atoms with E-state index in [4.69, 9.17) is 0 Å². The van der Waals surface area contributed by atoms with Gasteiger partial charge in [-0.25, -0.2) is 0 Å². The Morgan fingerprint density at radius 1 is 1.31 bits per heavy atom. The van der Waals surface area contributed by atoms with Crippen molar-refractivity contribution in [3.8, 4) is 0 Å². The first-order valence-electron chi connectivity index (χ1n) is 5.91. The molecule has 0 bridgehead atoms. The van der Waals surface area contributed by atoms with Crippen molar-refractivity contribution in [1.82, 2.24) is 0 Å². The van der Waals surface area contributed by atoms with E-state index in [0.717, 1.165) is 5.33 Å². The van der Waals surface area contributed by atoms with Crippen LogP contribution in [0.25, 0.3) is 0 Å². The lowest BCUT2D eigenvalue weighted by molar-refractivity contribution is 0.206. The molecule has 1 aliphatic rings. The first-order chi connectivity index (χ1) is 7.65. The molecule has 0 atom stereocenters. The average Bonchev–Trinajstić information content (AvgIpc) is 2.22. The second-order valence-electron chi connectivity index (χ2n) is 5.04. The Hall–Kier alpha value is 0.0500. The molecule has 2 rings (SSSR count). The van der Waals surface area contributed by atoms with Crippen molar-refractivity contribution in [3.05, 3.63) is 29.3 Å². The molecular formula is C14H19BrS. The highest BCUT2D eigenvalue weighted by atomic mass is 79.9.